The summed E-state index contributed by atoms with van der Waals surface area (Å²) >= 11 is 0. The van der Waals surface area contributed by atoms with Crippen LogP contribution in [0, 0.1) is 5.92 Å². The summed E-state index contributed by atoms with van der Waals surface area (Å²) in [5.41, 5.74) is 0. The van der Waals surface area contributed by atoms with E-state index < -0.39 is 18.2 Å². The van der Waals surface area contributed by atoms with Crippen molar-refractivity contribution in [1.29, 1.82) is 0 Å². The van der Waals surface area contributed by atoms with Crippen molar-refractivity contribution in [2.45, 2.75) is 69.7 Å². The van der Waals surface area contributed by atoms with Gasteiger partial charge in [0.1, 0.15) is 0 Å². The predicted octanol–water partition coefficient (Wildman–Crippen LogP) is 3.13. The summed E-state index contributed by atoms with van der Waals surface area (Å²) in [6.45, 7) is 0. The van der Waals surface area contributed by atoms with Crippen LogP contribution in [0.1, 0.15) is 51.4 Å². The molecule has 5 nitrogen and oxygen atoms in total. The summed E-state index contributed by atoms with van der Waals surface area (Å²) in [5.74, 6) is -0.521. The van der Waals surface area contributed by atoms with E-state index >= 15 is 0 Å². The molecule has 3 unspecified atom stereocenters. The van der Waals surface area contributed by atoms with Gasteiger partial charge in [-0.15, -0.1) is 0 Å². The molecule has 0 amide bonds. The lowest BCUT2D eigenvalue weighted by atomic mass is 9.85. The minimum atomic E-state index is -1.01. The first kappa shape index (κ1) is 22.4. The zero-order valence-corrected chi connectivity index (χ0v) is 15.3. The topological polar surface area (TPSA) is 98.0 Å². The van der Waals surface area contributed by atoms with Gasteiger partial charge in [0.2, 0.25) is 0 Å². The summed E-state index contributed by atoms with van der Waals surface area (Å²) in [6.07, 6.45) is 18.1. The molecular formula is C21H32O5. The standard InChI is InChI=1S/C21H32O5/c22-18(17-11-6-5-7-12-17)13-8-3-1-2-4-9-14-19(23)20(24)15-10-16-21(25)26/h1-4,8-9,13-14,17-20,22-24H,5-7,10-12,15-16H2,(H,25,26)/b3-1-,4-2+,13-8+,14-9+. The third kappa shape index (κ3) is 10.3. The van der Waals surface area contributed by atoms with Gasteiger partial charge in [-0.3, -0.25) is 4.79 Å². The van der Waals surface area contributed by atoms with E-state index in [1.54, 1.807) is 18.2 Å². The Kier molecular flexibility index (Phi) is 11.6. The molecule has 0 heterocycles. The molecule has 1 fully saturated rings. The third-order valence-electron chi connectivity index (χ3n) is 4.59. The van der Waals surface area contributed by atoms with E-state index in [4.69, 9.17) is 5.11 Å². The van der Waals surface area contributed by atoms with Gasteiger partial charge in [0.25, 0.3) is 0 Å². The second-order valence-electron chi connectivity index (χ2n) is 6.77. The van der Waals surface area contributed by atoms with Gasteiger partial charge in [0, 0.05) is 6.42 Å². The largest absolute Gasteiger partial charge is 0.481 e. The van der Waals surface area contributed by atoms with E-state index in [0.717, 1.165) is 12.8 Å². The van der Waals surface area contributed by atoms with Crippen LogP contribution in [0.4, 0.5) is 0 Å². The fourth-order valence-corrected chi connectivity index (χ4v) is 3.01. The smallest absolute Gasteiger partial charge is 0.303 e. The molecule has 1 aliphatic rings. The molecule has 5 heteroatoms. The van der Waals surface area contributed by atoms with Crippen molar-refractivity contribution in [3.8, 4) is 0 Å². The van der Waals surface area contributed by atoms with Crippen molar-refractivity contribution in [2.24, 2.45) is 5.92 Å². The summed E-state index contributed by atoms with van der Waals surface area (Å²) in [5, 5.41) is 38.0. The Labute approximate surface area is 156 Å². The zero-order chi connectivity index (χ0) is 19.2. The normalized spacial score (nSPS) is 20.4. The van der Waals surface area contributed by atoms with E-state index in [0.29, 0.717) is 12.3 Å². The first-order chi connectivity index (χ1) is 12.5. The number of aliphatic carboxylic acids is 1. The number of carboxylic acids is 1. The molecule has 0 aromatic carbocycles. The maximum atomic E-state index is 10.4. The summed E-state index contributed by atoms with van der Waals surface area (Å²) in [7, 11) is 0. The van der Waals surface area contributed by atoms with Gasteiger partial charge in [0.05, 0.1) is 18.3 Å². The maximum absolute atomic E-state index is 10.4. The van der Waals surface area contributed by atoms with Crippen LogP contribution in [-0.4, -0.2) is 44.7 Å². The molecule has 3 atom stereocenters. The number of carboxylic acid groups (broad SMARTS) is 1. The number of allylic oxidation sites excluding steroid dienone is 6. The Morgan fingerprint density at radius 2 is 1.46 bits per heavy atom. The van der Waals surface area contributed by atoms with Crippen molar-refractivity contribution in [1.82, 2.24) is 0 Å². The average Bonchev–Trinajstić information content (AvgIpc) is 2.63. The molecule has 1 saturated carbocycles. The van der Waals surface area contributed by atoms with Crippen LogP contribution in [0.5, 0.6) is 0 Å². The van der Waals surface area contributed by atoms with Crippen LogP contribution < -0.4 is 0 Å². The van der Waals surface area contributed by atoms with Crippen molar-refractivity contribution >= 4 is 5.97 Å². The van der Waals surface area contributed by atoms with Crippen molar-refractivity contribution < 1.29 is 25.2 Å². The Balaban J connectivity index is 2.23. The van der Waals surface area contributed by atoms with Crippen LogP contribution in [0.25, 0.3) is 0 Å². The fraction of sp³-hybridized carbons (Fsp3) is 0.571. The summed E-state index contributed by atoms with van der Waals surface area (Å²) < 4.78 is 0. The van der Waals surface area contributed by atoms with Gasteiger partial charge < -0.3 is 20.4 Å². The molecule has 0 bridgehead atoms. The van der Waals surface area contributed by atoms with Crippen LogP contribution in [-0.2, 0) is 4.79 Å². The second-order valence-corrected chi connectivity index (χ2v) is 6.77. The highest BCUT2D eigenvalue weighted by molar-refractivity contribution is 5.66. The lowest BCUT2D eigenvalue weighted by Gasteiger charge is -2.24. The molecule has 0 aromatic rings. The van der Waals surface area contributed by atoms with Crippen LogP contribution in [0.2, 0.25) is 0 Å². The molecule has 0 saturated heterocycles. The van der Waals surface area contributed by atoms with Crippen LogP contribution in [0.3, 0.4) is 0 Å². The quantitative estimate of drug-likeness (QED) is 0.422. The molecule has 1 rings (SSSR count). The van der Waals surface area contributed by atoms with E-state index in [2.05, 4.69) is 0 Å². The second kappa shape index (κ2) is 13.5. The monoisotopic (exact) mass is 364 g/mol. The summed E-state index contributed by atoms with van der Waals surface area (Å²) in [4.78, 5) is 10.4. The highest BCUT2D eigenvalue weighted by atomic mass is 16.4. The number of hydrogen-bond donors (Lipinski definition) is 4. The van der Waals surface area contributed by atoms with Crippen LogP contribution in [0.15, 0.2) is 48.6 Å². The van der Waals surface area contributed by atoms with Gasteiger partial charge in [-0.05, 0) is 31.6 Å². The molecule has 0 radical (unpaired) electrons. The minimum absolute atomic E-state index is 0.0127. The molecule has 26 heavy (non-hydrogen) atoms. The van der Waals surface area contributed by atoms with Gasteiger partial charge in [-0.2, -0.15) is 0 Å². The predicted molar refractivity (Wildman–Crippen MR) is 103 cm³/mol. The van der Waals surface area contributed by atoms with E-state index in [9.17, 15) is 20.1 Å². The molecular weight excluding hydrogens is 332 g/mol. The van der Waals surface area contributed by atoms with Gasteiger partial charge >= 0.3 is 5.97 Å². The molecule has 0 aromatic heterocycles. The Bertz CT molecular complexity index is 501. The van der Waals surface area contributed by atoms with Crippen LogP contribution >= 0.6 is 0 Å². The Hall–Kier alpha value is -1.69. The van der Waals surface area contributed by atoms with Crippen molar-refractivity contribution in [3.63, 3.8) is 0 Å². The molecule has 0 spiro atoms. The van der Waals surface area contributed by atoms with Gasteiger partial charge in [0.15, 0.2) is 0 Å². The van der Waals surface area contributed by atoms with Gasteiger partial charge in [-0.1, -0.05) is 67.9 Å². The Morgan fingerprint density at radius 3 is 2.08 bits per heavy atom. The maximum Gasteiger partial charge on any atom is 0.303 e. The molecule has 146 valence electrons. The first-order valence-electron chi connectivity index (χ1n) is 9.45. The minimum Gasteiger partial charge on any atom is -0.481 e. The lowest BCUT2D eigenvalue weighted by molar-refractivity contribution is -0.137. The SMILES string of the molecule is O=C(O)CCCC(O)C(O)/C=C/C=C/C=C\C=C\C(O)C1CCCCC1. The zero-order valence-electron chi connectivity index (χ0n) is 15.3. The molecule has 1 aliphatic carbocycles. The van der Waals surface area contributed by atoms with E-state index in [-0.39, 0.29) is 18.9 Å². The Morgan fingerprint density at radius 1 is 0.885 bits per heavy atom. The van der Waals surface area contributed by atoms with E-state index in [1.807, 2.05) is 24.3 Å². The molecule has 4 N–H and O–H groups in total. The summed E-state index contributed by atoms with van der Waals surface area (Å²) in [6, 6.07) is 0. The number of rotatable bonds is 11. The highest BCUT2D eigenvalue weighted by Crippen LogP contribution is 2.26. The van der Waals surface area contributed by atoms with Gasteiger partial charge in [-0.25, -0.2) is 0 Å². The highest BCUT2D eigenvalue weighted by Gasteiger charge is 2.19. The van der Waals surface area contributed by atoms with E-state index in [1.165, 1.54) is 25.3 Å². The fourth-order valence-electron chi connectivity index (χ4n) is 3.01. The third-order valence-corrected chi connectivity index (χ3v) is 4.59. The van der Waals surface area contributed by atoms with Crippen molar-refractivity contribution in [2.75, 3.05) is 0 Å². The lowest BCUT2D eigenvalue weighted by Crippen LogP contribution is -2.23. The van der Waals surface area contributed by atoms with Crippen molar-refractivity contribution in [3.05, 3.63) is 48.6 Å². The number of aliphatic hydroxyl groups excluding tert-OH is 3. The first-order valence-corrected chi connectivity index (χ1v) is 9.45. The molecule has 0 aliphatic heterocycles. The average molecular weight is 364 g/mol. The number of aliphatic hydroxyl groups is 3. The number of hydrogen-bond acceptors (Lipinski definition) is 4. The number of carbonyl (C=O) groups is 1.